The van der Waals surface area contributed by atoms with Crippen LogP contribution in [-0.4, -0.2) is 47.9 Å². The summed E-state index contributed by atoms with van der Waals surface area (Å²) in [6, 6.07) is 3.27. The molecular weight excluding hydrogens is 468 g/mol. The summed E-state index contributed by atoms with van der Waals surface area (Å²) in [5.41, 5.74) is 2.83. The number of nitrogens with zero attached hydrogens (tertiary/aromatic N) is 4. The molecule has 0 unspecified atom stereocenters. The summed E-state index contributed by atoms with van der Waals surface area (Å²) in [5.74, 6) is -3.62. The molecule has 0 spiro atoms. The molecule has 2 N–H and O–H groups in total. The molecule has 0 atom stereocenters. The van der Waals surface area contributed by atoms with Crippen molar-refractivity contribution in [2.45, 2.75) is 31.6 Å². The summed E-state index contributed by atoms with van der Waals surface area (Å²) < 4.78 is 55.6. The zero-order chi connectivity index (χ0) is 25.2. The van der Waals surface area contributed by atoms with Crippen LogP contribution in [0.2, 0.25) is 0 Å². The molecule has 0 aliphatic heterocycles. The van der Waals surface area contributed by atoms with Crippen LogP contribution in [0.25, 0.3) is 0 Å². The Hall–Kier alpha value is -3.54. The molecule has 2 aromatic heterocycles. The lowest BCUT2D eigenvalue weighted by atomic mass is 10.1. The topological polar surface area (TPSA) is 117 Å². The van der Waals surface area contributed by atoms with E-state index in [1.54, 1.807) is 11.9 Å². The van der Waals surface area contributed by atoms with Crippen molar-refractivity contribution in [1.29, 1.82) is 0 Å². The quantitative estimate of drug-likeness (QED) is 0.470. The third-order valence-corrected chi connectivity index (χ3v) is 6.87. The number of carboxylic acid groups (broad SMARTS) is 1. The van der Waals surface area contributed by atoms with Gasteiger partial charge in [-0.2, -0.15) is 5.10 Å². The lowest BCUT2D eigenvalue weighted by Crippen LogP contribution is -2.23. The summed E-state index contributed by atoms with van der Waals surface area (Å²) in [6.45, 7) is 4.43. The van der Waals surface area contributed by atoms with E-state index in [-0.39, 0.29) is 17.1 Å². The fourth-order valence-corrected chi connectivity index (χ4v) is 4.66. The predicted molar refractivity (Wildman–Crippen MR) is 123 cm³/mol. The molecular formula is C22H25F2N5O4S. The van der Waals surface area contributed by atoms with Gasteiger partial charge in [0.1, 0.15) is 11.4 Å². The summed E-state index contributed by atoms with van der Waals surface area (Å²) in [6.07, 6.45) is 2.64. The Labute approximate surface area is 196 Å². The van der Waals surface area contributed by atoms with Gasteiger partial charge in [-0.05, 0) is 56.5 Å². The molecule has 0 saturated carbocycles. The van der Waals surface area contributed by atoms with Gasteiger partial charge in [-0.1, -0.05) is 0 Å². The number of pyridine rings is 1. The van der Waals surface area contributed by atoms with E-state index in [1.165, 1.54) is 6.20 Å². The molecule has 0 saturated heterocycles. The Kier molecular flexibility index (Phi) is 7.20. The maximum Gasteiger partial charge on any atom is 0.339 e. The number of nitrogens with one attached hydrogen (secondary N) is 1. The van der Waals surface area contributed by atoms with Crippen LogP contribution in [0, 0.1) is 25.5 Å². The van der Waals surface area contributed by atoms with Crippen molar-refractivity contribution < 1.29 is 27.1 Å². The molecule has 1 aromatic carbocycles. The third kappa shape index (κ3) is 5.33. The molecule has 0 bridgehead atoms. The number of aromatic nitrogens is 3. The second-order valence-corrected chi connectivity index (χ2v) is 9.56. The molecule has 0 amide bonds. The van der Waals surface area contributed by atoms with E-state index in [2.05, 4.69) is 14.8 Å². The predicted octanol–water partition coefficient (Wildman–Crippen LogP) is 3.28. The number of hydrogen-bond donors (Lipinski definition) is 2. The monoisotopic (exact) mass is 493 g/mol. The average Bonchev–Trinajstić information content (AvgIpc) is 3.00. The lowest BCUT2D eigenvalue weighted by Gasteiger charge is -2.20. The van der Waals surface area contributed by atoms with E-state index >= 15 is 0 Å². The summed E-state index contributed by atoms with van der Waals surface area (Å²) in [5, 5.41) is 14.0. The second kappa shape index (κ2) is 9.75. The normalized spacial score (nSPS) is 11.5. The number of carboxylic acids is 1. The van der Waals surface area contributed by atoms with E-state index in [0.717, 1.165) is 41.9 Å². The molecule has 0 fully saturated rings. The Morgan fingerprint density at radius 1 is 1.21 bits per heavy atom. The standard InChI is InChI=1S/C22H25F2N5O4S/c1-13-17(14(2)29(4)26-13)6-5-9-28(3)21-18(22(30)31)10-15(12-25-21)27-34(32,33)16-7-8-19(23)20(24)11-16/h7-8,10-12,27H,5-6,9H2,1-4H3,(H,30,31). The highest BCUT2D eigenvalue weighted by molar-refractivity contribution is 7.92. The van der Waals surface area contributed by atoms with E-state index in [9.17, 15) is 27.1 Å². The molecule has 2 heterocycles. The van der Waals surface area contributed by atoms with E-state index in [0.29, 0.717) is 18.7 Å². The zero-order valence-corrected chi connectivity index (χ0v) is 19.9. The molecule has 182 valence electrons. The third-order valence-electron chi connectivity index (χ3n) is 5.49. The van der Waals surface area contributed by atoms with Crippen LogP contribution in [0.3, 0.4) is 0 Å². The number of carbonyl (C=O) groups is 1. The number of aromatic carboxylic acids is 1. The smallest absolute Gasteiger partial charge is 0.339 e. The molecule has 3 aromatic rings. The van der Waals surface area contributed by atoms with Crippen LogP contribution in [0.4, 0.5) is 20.3 Å². The van der Waals surface area contributed by atoms with Gasteiger partial charge in [0.25, 0.3) is 10.0 Å². The van der Waals surface area contributed by atoms with Gasteiger partial charge in [-0.15, -0.1) is 0 Å². The summed E-state index contributed by atoms with van der Waals surface area (Å²) >= 11 is 0. The number of sulfonamides is 1. The van der Waals surface area contributed by atoms with Crippen molar-refractivity contribution in [3.63, 3.8) is 0 Å². The minimum Gasteiger partial charge on any atom is -0.478 e. The fraction of sp³-hybridized carbons (Fsp3) is 0.318. The second-order valence-electron chi connectivity index (χ2n) is 7.88. The Balaban J connectivity index is 1.76. The van der Waals surface area contributed by atoms with Gasteiger partial charge in [-0.25, -0.2) is 27.0 Å². The number of anilines is 2. The van der Waals surface area contributed by atoms with Crippen LogP contribution in [-0.2, 0) is 23.5 Å². The SMILES string of the molecule is Cc1nn(C)c(C)c1CCCN(C)c1ncc(NS(=O)(=O)c2ccc(F)c(F)c2)cc1C(=O)O. The number of benzene rings is 1. The molecule has 0 aliphatic carbocycles. The van der Waals surface area contributed by atoms with Gasteiger partial charge in [0.05, 0.1) is 22.5 Å². The van der Waals surface area contributed by atoms with Gasteiger partial charge < -0.3 is 10.0 Å². The van der Waals surface area contributed by atoms with Crippen LogP contribution in [0.5, 0.6) is 0 Å². The first-order chi connectivity index (χ1) is 15.9. The first-order valence-electron chi connectivity index (χ1n) is 10.3. The zero-order valence-electron chi connectivity index (χ0n) is 19.1. The van der Waals surface area contributed by atoms with Crippen molar-refractivity contribution in [3.05, 3.63) is 64.6 Å². The molecule has 34 heavy (non-hydrogen) atoms. The van der Waals surface area contributed by atoms with Gasteiger partial charge in [0.2, 0.25) is 0 Å². The van der Waals surface area contributed by atoms with Crippen molar-refractivity contribution >= 4 is 27.5 Å². The van der Waals surface area contributed by atoms with Gasteiger partial charge in [0.15, 0.2) is 11.6 Å². The summed E-state index contributed by atoms with van der Waals surface area (Å²) in [7, 11) is -0.715. The van der Waals surface area contributed by atoms with Crippen LogP contribution in [0.15, 0.2) is 35.4 Å². The molecule has 3 rings (SSSR count). The number of aryl methyl sites for hydroxylation is 2. The first-order valence-corrected chi connectivity index (χ1v) is 11.8. The van der Waals surface area contributed by atoms with Crippen LogP contribution < -0.4 is 9.62 Å². The Morgan fingerprint density at radius 2 is 1.91 bits per heavy atom. The van der Waals surface area contributed by atoms with Gasteiger partial charge >= 0.3 is 5.97 Å². The highest BCUT2D eigenvalue weighted by Gasteiger charge is 2.21. The van der Waals surface area contributed by atoms with Crippen molar-refractivity contribution in [3.8, 4) is 0 Å². The van der Waals surface area contributed by atoms with E-state index in [4.69, 9.17) is 0 Å². The highest BCUT2D eigenvalue weighted by Crippen LogP contribution is 2.24. The summed E-state index contributed by atoms with van der Waals surface area (Å²) in [4.78, 5) is 17.1. The molecule has 12 heteroatoms. The van der Waals surface area contributed by atoms with Crippen LogP contribution >= 0.6 is 0 Å². The van der Waals surface area contributed by atoms with Crippen molar-refractivity contribution in [1.82, 2.24) is 14.8 Å². The fourth-order valence-electron chi connectivity index (χ4n) is 3.61. The number of hydrogen-bond acceptors (Lipinski definition) is 6. The molecule has 0 radical (unpaired) electrons. The average molecular weight is 494 g/mol. The van der Waals surface area contributed by atoms with Crippen molar-refractivity contribution in [2.24, 2.45) is 7.05 Å². The highest BCUT2D eigenvalue weighted by atomic mass is 32.2. The number of halogens is 2. The first kappa shape index (κ1) is 25.1. The van der Waals surface area contributed by atoms with Gasteiger partial charge in [0, 0.05) is 26.3 Å². The maximum absolute atomic E-state index is 13.4. The van der Waals surface area contributed by atoms with Crippen LogP contribution in [0.1, 0.15) is 33.7 Å². The molecule has 9 nitrogen and oxygen atoms in total. The minimum absolute atomic E-state index is 0.124. The maximum atomic E-state index is 13.4. The molecule has 0 aliphatic rings. The Morgan fingerprint density at radius 3 is 2.50 bits per heavy atom. The minimum atomic E-state index is -4.29. The van der Waals surface area contributed by atoms with Gasteiger partial charge in [-0.3, -0.25) is 9.40 Å². The van der Waals surface area contributed by atoms with E-state index in [1.807, 2.05) is 25.6 Å². The number of rotatable bonds is 9. The Bertz CT molecular complexity index is 1340. The van der Waals surface area contributed by atoms with E-state index < -0.39 is 32.5 Å². The van der Waals surface area contributed by atoms with Crippen molar-refractivity contribution in [2.75, 3.05) is 23.2 Å². The lowest BCUT2D eigenvalue weighted by molar-refractivity contribution is 0.0697. The largest absolute Gasteiger partial charge is 0.478 e.